The molecule has 0 aromatic carbocycles. The number of aliphatic hydroxyl groups is 1. The lowest BCUT2D eigenvalue weighted by Crippen LogP contribution is -2.02. The van der Waals surface area contributed by atoms with Crippen LogP contribution in [0.3, 0.4) is 0 Å². The van der Waals surface area contributed by atoms with Crippen LogP contribution in [0.1, 0.15) is 24.2 Å². The molecule has 0 fully saturated rings. The second kappa shape index (κ2) is 4.85. The predicted octanol–water partition coefficient (Wildman–Crippen LogP) is 0.969. The summed E-state index contributed by atoms with van der Waals surface area (Å²) in [4.78, 5) is 0. The Morgan fingerprint density at radius 1 is 1.38 bits per heavy atom. The lowest BCUT2D eigenvalue weighted by atomic mass is 10.1. The van der Waals surface area contributed by atoms with E-state index in [0.29, 0.717) is 6.42 Å². The van der Waals surface area contributed by atoms with Gasteiger partial charge in [-0.05, 0) is 18.6 Å². The van der Waals surface area contributed by atoms with Gasteiger partial charge in [-0.1, -0.05) is 0 Å². The monoisotopic (exact) mass is 218 g/mol. The van der Waals surface area contributed by atoms with Crippen LogP contribution in [0.25, 0.3) is 0 Å². The molecule has 5 nitrogen and oxygen atoms in total. The molecule has 0 saturated heterocycles. The summed E-state index contributed by atoms with van der Waals surface area (Å²) < 4.78 is 1.84. The standard InChI is InChI=1S/C11H14N4O/c1-2-15-8-9(6-14-15)5-11(16)10-3-4-12-13-7-10/h3-4,6-8,11,16H,2,5H2,1H3. The van der Waals surface area contributed by atoms with Crippen LogP contribution in [0.2, 0.25) is 0 Å². The van der Waals surface area contributed by atoms with Crippen molar-refractivity contribution < 1.29 is 5.11 Å². The molecule has 2 aromatic rings. The van der Waals surface area contributed by atoms with E-state index in [9.17, 15) is 5.11 Å². The Morgan fingerprint density at radius 2 is 2.25 bits per heavy atom. The first kappa shape index (κ1) is 10.8. The molecule has 0 aliphatic heterocycles. The van der Waals surface area contributed by atoms with Crippen molar-refractivity contribution in [1.29, 1.82) is 0 Å². The Bertz CT molecular complexity index is 440. The molecular weight excluding hydrogens is 204 g/mol. The van der Waals surface area contributed by atoms with Crippen molar-refractivity contribution in [2.45, 2.75) is 26.0 Å². The van der Waals surface area contributed by atoms with Crippen LogP contribution >= 0.6 is 0 Å². The van der Waals surface area contributed by atoms with Gasteiger partial charge in [0.25, 0.3) is 0 Å². The molecule has 0 spiro atoms. The maximum absolute atomic E-state index is 9.95. The molecule has 1 unspecified atom stereocenters. The van der Waals surface area contributed by atoms with E-state index in [0.717, 1.165) is 17.7 Å². The number of nitrogens with zero attached hydrogens (tertiary/aromatic N) is 4. The van der Waals surface area contributed by atoms with Crippen molar-refractivity contribution in [2.24, 2.45) is 0 Å². The summed E-state index contributed by atoms with van der Waals surface area (Å²) in [6.45, 7) is 2.87. The molecular formula is C11H14N4O. The van der Waals surface area contributed by atoms with Crippen molar-refractivity contribution in [3.8, 4) is 0 Å². The predicted molar refractivity (Wildman–Crippen MR) is 58.6 cm³/mol. The van der Waals surface area contributed by atoms with Gasteiger partial charge in [-0.2, -0.15) is 15.3 Å². The number of aryl methyl sites for hydroxylation is 1. The minimum atomic E-state index is -0.551. The Kier molecular flexibility index (Phi) is 3.26. The van der Waals surface area contributed by atoms with Crippen LogP contribution in [-0.2, 0) is 13.0 Å². The van der Waals surface area contributed by atoms with Crippen LogP contribution in [-0.4, -0.2) is 25.1 Å². The SMILES string of the molecule is CCn1cc(CC(O)c2ccnnc2)cn1. The smallest absolute Gasteiger partial charge is 0.0847 e. The molecule has 2 aromatic heterocycles. The van der Waals surface area contributed by atoms with Gasteiger partial charge in [0.2, 0.25) is 0 Å². The van der Waals surface area contributed by atoms with Gasteiger partial charge in [0.15, 0.2) is 0 Å². The molecule has 2 heterocycles. The highest BCUT2D eigenvalue weighted by Gasteiger charge is 2.09. The molecule has 0 saturated carbocycles. The first-order valence-corrected chi connectivity index (χ1v) is 5.25. The molecule has 0 bridgehead atoms. The van der Waals surface area contributed by atoms with Gasteiger partial charge in [0.05, 0.1) is 18.5 Å². The number of hydrogen-bond acceptors (Lipinski definition) is 4. The van der Waals surface area contributed by atoms with Gasteiger partial charge >= 0.3 is 0 Å². The average molecular weight is 218 g/mol. The number of aromatic nitrogens is 4. The molecule has 0 radical (unpaired) electrons. The maximum atomic E-state index is 9.95. The molecule has 1 N–H and O–H groups in total. The van der Waals surface area contributed by atoms with Crippen molar-refractivity contribution >= 4 is 0 Å². The first-order valence-electron chi connectivity index (χ1n) is 5.25. The summed E-state index contributed by atoms with van der Waals surface area (Å²) in [5.74, 6) is 0. The fourth-order valence-electron chi connectivity index (χ4n) is 1.52. The van der Waals surface area contributed by atoms with E-state index in [4.69, 9.17) is 0 Å². The average Bonchev–Trinajstić information content (AvgIpc) is 2.78. The van der Waals surface area contributed by atoms with Gasteiger partial charge in [0, 0.05) is 30.9 Å². The highest BCUT2D eigenvalue weighted by Crippen LogP contribution is 2.16. The molecule has 0 amide bonds. The summed E-state index contributed by atoms with van der Waals surface area (Å²) in [7, 11) is 0. The van der Waals surface area contributed by atoms with E-state index >= 15 is 0 Å². The second-order valence-electron chi connectivity index (χ2n) is 3.60. The Labute approximate surface area is 93.8 Å². The Hall–Kier alpha value is -1.75. The van der Waals surface area contributed by atoms with E-state index in [2.05, 4.69) is 15.3 Å². The lowest BCUT2D eigenvalue weighted by Gasteiger charge is -2.07. The third-order valence-corrected chi connectivity index (χ3v) is 2.43. The fraction of sp³-hybridized carbons (Fsp3) is 0.364. The zero-order valence-corrected chi connectivity index (χ0v) is 9.11. The van der Waals surface area contributed by atoms with E-state index in [1.54, 1.807) is 24.7 Å². The van der Waals surface area contributed by atoms with E-state index < -0.39 is 6.10 Å². The maximum Gasteiger partial charge on any atom is 0.0847 e. The number of hydrogen-bond donors (Lipinski definition) is 1. The number of aliphatic hydroxyl groups excluding tert-OH is 1. The molecule has 1 atom stereocenters. The zero-order chi connectivity index (χ0) is 11.4. The third-order valence-electron chi connectivity index (χ3n) is 2.43. The molecule has 16 heavy (non-hydrogen) atoms. The fourth-order valence-corrected chi connectivity index (χ4v) is 1.52. The largest absolute Gasteiger partial charge is 0.388 e. The quantitative estimate of drug-likeness (QED) is 0.830. The van der Waals surface area contributed by atoms with Crippen LogP contribution in [0.15, 0.2) is 30.9 Å². The summed E-state index contributed by atoms with van der Waals surface area (Å²) >= 11 is 0. The van der Waals surface area contributed by atoms with Gasteiger partial charge in [0.1, 0.15) is 0 Å². The Balaban J connectivity index is 2.05. The normalized spacial score (nSPS) is 12.6. The highest BCUT2D eigenvalue weighted by molar-refractivity contribution is 5.14. The van der Waals surface area contributed by atoms with Gasteiger partial charge in [-0.15, -0.1) is 0 Å². The molecule has 0 aliphatic carbocycles. The van der Waals surface area contributed by atoms with Gasteiger partial charge < -0.3 is 5.11 Å². The van der Waals surface area contributed by atoms with Crippen molar-refractivity contribution in [2.75, 3.05) is 0 Å². The van der Waals surface area contributed by atoms with Crippen molar-refractivity contribution in [3.05, 3.63) is 42.0 Å². The summed E-state index contributed by atoms with van der Waals surface area (Å²) in [6, 6.07) is 1.77. The minimum absolute atomic E-state index is 0.547. The van der Waals surface area contributed by atoms with E-state index in [1.807, 2.05) is 17.8 Å². The lowest BCUT2D eigenvalue weighted by molar-refractivity contribution is 0.178. The molecule has 5 heteroatoms. The van der Waals surface area contributed by atoms with Gasteiger partial charge in [-0.25, -0.2) is 0 Å². The summed E-state index contributed by atoms with van der Waals surface area (Å²) in [6.07, 6.45) is 6.87. The summed E-state index contributed by atoms with van der Waals surface area (Å²) in [5, 5.41) is 21.5. The third kappa shape index (κ3) is 2.43. The topological polar surface area (TPSA) is 63.8 Å². The van der Waals surface area contributed by atoms with E-state index in [1.165, 1.54) is 0 Å². The minimum Gasteiger partial charge on any atom is -0.388 e. The second-order valence-corrected chi connectivity index (χ2v) is 3.60. The first-order chi connectivity index (χ1) is 7.79. The van der Waals surface area contributed by atoms with E-state index in [-0.39, 0.29) is 0 Å². The van der Waals surface area contributed by atoms with Crippen LogP contribution in [0, 0.1) is 0 Å². The van der Waals surface area contributed by atoms with Crippen LogP contribution in [0.4, 0.5) is 0 Å². The highest BCUT2D eigenvalue weighted by atomic mass is 16.3. The summed E-state index contributed by atoms with van der Waals surface area (Å²) in [5.41, 5.74) is 1.80. The molecule has 84 valence electrons. The van der Waals surface area contributed by atoms with Crippen molar-refractivity contribution in [1.82, 2.24) is 20.0 Å². The van der Waals surface area contributed by atoms with Crippen LogP contribution in [0.5, 0.6) is 0 Å². The van der Waals surface area contributed by atoms with Crippen molar-refractivity contribution in [3.63, 3.8) is 0 Å². The molecule has 2 rings (SSSR count). The van der Waals surface area contributed by atoms with Gasteiger partial charge in [-0.3, -0.25) is 4.68 Å². The Morgan fingerprint density at radius 3 is 2.88 bits per heavy atom. The number of rotatable bonds is 4. The zero-order valence-electron chi connectivity index (χ0n) is 9.11. The van der Waals surface area contributed by atoms with Crippen LogP contribution < -0.4 is 0 Å². The molecule has 0 aliphatic rings.